The lowest BCUT2D eigenvalue weighted by Crippen LogP contribution is -2.69. The van der Waals surface area contributed by atoms with Gasteiger partial charge in [0.1, 0.15) is 0 Å². The van der Waals surface area contributed by atoms with Gasteiger partial charge in [0, 0.05) is 0 Å². The van der Waals surface area contributed by atoms with Crippen LogP contribution in [0.25, 0.3) is 0 Å². The molecule has 0 aromatic carbocycles. The fourth-order valence-corrected chi connectivity index (χ4v) is 1.04. The summed E-state index contributed by atoms with van der Waals surface area (Å²) in [7, 11) is 0. The molecule has 0 amide bonds. The molecule has 0 aliphatic rings. The highest BCUT2D eigenvalue weighted by atomic mass is 32.1. The van der Waals surface area contributed by atoms with E-state index in [0.29, 0.717) is 0 Å². The van der Waals surface area contributed by atoms with E-state index in [2.05, 4.69) is 0 Å². The highest BCUT2D eigenvalue weighted by molar-refractivity contribution is 7.81. The number of alkyl halides is 13. The molecular weight excluding hydrogens is 351 g/mol. The van der Waals surface area contributed by atoms with Crippen molar-refractivity contribution >= 4 is 12.6 Å². The molecule has 0 fully saturated rings. The molecule has 0 aromatic heterocycles. The normalized spacial score (nSPS) is 18.9. The van der Waals surface area contributed by atoms with Crippen LogP contribution in [0.4, 0.5) is 57.1 Å². The molecule has 122 valence electrons. The maximum atomic E-state index is 12.8. The van der Waals surface area contributed by atoms with Gasteiger partial charge < -0.3 is 0 Å². The molecule has 0 saturated heterocycles. The zero-order valence-electron chi connectivity index (χ0n) is 8.36. The van der Waals surface area contributed by atoms with Crippen LogP contribution in [0.1, 0.15) is 0 Å². The van der Waals surface area contributed by atoms with Crippen molar-refractivity contribution in [1.82, 2.24) is 0 Å². The Kier molecular flexibility index (Phi) is 4.34. The van der Waals surface area contributed by atoms with Gasteiger partial charge in [0.25, 0.3) is 5.00 Å². The van der Waals surface area contributed by atoms with Crippen LogP contribution in [0.15, 0.2) is 0 Å². The second-order valence-electron chi connectivity index (χ2n) is 3.34. The Morgan fingerprint density at radius 1 is 0.400 bits per heavy atom. The Labute approximate surface area is 106 Å². The van der Waals surface area contributed by atoms with Crippen LogP contribution < -0.4 is 0 Å². The minimum absolute atomic E-state index is 1.40. The molecule has 0 rings (SSSR count). The Bertz CT molecular complexity index is 324. The molecule has 0 bridgehead atoms. The van der Waals surface area contributed by atoms with Crippen molar-refractivity contribution in [3.05, 3.63) is 0 Å². The smallest absolute Gasteiger partial charge is 0.218 e. The van der Waals surface area contributed by atoms with Gasteiger partial charge in [-0.1, -0.05) is 0 Å². The second kappa shape index (κ2) is 4.47. The Morgan fingerprint density at radius 3 is 0.850 bits per heavy atom. The average molecular weight is 352 g/mol. The fraction of sp³-hybridized carbons (Fsp3) is 1.00. The van der Waals surface area contributed by atoms with Crippen molar-refractivity contribution in [2.45, 2.75) is 35.1 Å². The summed E-state index contributed by atoms with van der Waals surface area (Å²) >= 11 is 1.40. The van der Waals surface area contributed by atoms with Crippen LogP contribution in [0.3, 0.4) is 0 Å². The molecule has 0 aliphatic carbocycles. The van der Waals surface area contributed by atoms with Gasteiger partial charge in [0.05, 0.1) is 0 Å². The predicted molar refractivity (Wildman–Crippen MR) is 39.8 cm³/mol. The minimum atomic E-state index is -7.52. The van der Waals surface area contributed by atoms with Crippen LogP contribution in [-0.2, 0) is 0 Å². The fourth-order valence-electron chi connectivity index (χ4n) is 0.771. The second-order valence-corrected chi connectivity index (χ2v) is 3.96. The van der Waals surface area contributed by atoms with E-state index in [4.69, 9.17) is 0 Å². The number of hydrogen-bond donors (Lipinski definition) is 1. The first-order chi connectivity index (χ1) is 8.25. The Morgan fingerprint density at radius 2 is 0.650 bits per heavy atom. The number of thiol groups is 1. The van der Waals surface area contributed by atoms with Crippen molar-refractivity contribution < 1.29 is 57.1 Å². The van der Waals surface area contributed by atoms with Crippen LogP contribution in [0.5, 0.6) is 0 Å². The van der Waals surface area contributed by atoms with Crippen LogP contribution in [0.2, 0.25) is 0 Å². The summed E-state index contributed by atoms with van der Waals surface area (Å²) in [6, 6.07) is 0. The van der Waals surface area contributed by atoms with Gasteiger partial charge in [-0.2, -0.15) is 52.7 Å². The zero-order valence-corrected chi connectivity index (χ0v) is 9.26. The molecule has 0 saturated carbocycles. The highest BCUT2D eigenvalue weighted by Gasteiger charge is 2.89. The third-order valence-corrected chi connectivity index (χ3v) is 2.50. The minimum Gasteiger partial charge on any atom is -0.218 e. The molecule has 1 unspecified atom stereocenters. The van der Waals surface area contributed by atoms with Crippen molar-refractivity contribution in [2.75, 3.05) is 0 Å². The maximum Gasteiger partial charge on any atom is 0.460 e. The monoisotopic (exact) mass is 352 g/mol. The molecule has 14 heteroatoms. The quantitative estimate of drug-likeness (QED) is 0.557. The summed E-state index contributed by atoms with van der Waals surface area (Å²) in [6.45, 7) is 0. The third kappa shape index (κ3) is 2.39. The van der Waals surface area contributed by atoms with Gasteiger partial charge >= 0.3 is 30.1 Å². The molecule has 0 radical (unpaired) electrons. The van der Waals surface area contributed by atoms with E-state index in [1.807, 2.05) is 0 Å². The molecule has 20 heavy (non-hydrogen) atoms. The van der Waals surface area contributed by atoms with E-state index in [9.17, 15) is 57.1 Å². The molecule has 0 nitrogen and oxygen atoms in total. The molecular formula is C6HF13S. The van der Waals surface area contributed by atoms with Gasteiger partial charge in [-0.05, 0) is 0 Å². The van der Waals surface area contributed by atoms with Gasteiger partial charge in [-0.25, -0.2) is 4.39 Å². The zero-order chi connectivity index (χ0) is 17.0. The summed E-state index contributed by atoms with van der Waals surface area (Å²) in [5.74, 6) is -22.3. The first kappa shape index (κ1) is 19.4. The number of halogens is 13. The van der Waals surface area contributed by atoms with Gasteiger partial charge in [-0.15, -0.1) is 12.6 Å². The Balaban J connectivity index is 6.08. The first-order valence-electron chi connectivity index (χ1n) is 3.93. The van der Waals surface area contributed by atoms with Crippen LogP contribution >= 0.6 is 12.6 Å². The molecule has 1 atom stereocenters. The lowest BCUT2D eigenvalue weighted by atomic mass is 9.99. The van der Waals surface area contributed by atoms with E-state index >= 15 is 0 Å². The van der Waals surface area contributed by atoms with Crippen molar-refractivity contribution in [1.29, 1.82) is 0 Å². The van der Waals surface area contributed by atoms with E-state index in [1.165, 1.54) is 12.6 Å². The molecule has 0 aromatic rings. The summed E-state index contributed by atoms with van der Waals surface area (Å²) in [4.78, 5) is 0. The van der Waals surface area contributed by atoms with E-state index < -0.39 is 35.1 Å². The van der Waals surface area contributed by atoms with Crippen molar-refractivity contribution in [3.8, 4) is 0 Å². The SMILES string of the molecule is FC(F)(F)C(F)(F)C(F)(F)C(F)(S)C(F)(F)C(F)(F)F. The predicted octanol–water partition coefficient (Wildman–Crippen LogP) is 4.61. The van der Waals surface area contributed by atoms with Gasteiger partial charge in [0.15, 0.2) is 0 Å². The maximum absolute atomic E-state index is 12.8. The van der Waals surface area contributed by atoms with E-state index in [-0.39, 0.29) is 0 Å². The van der Waals surface area contributed by atoms with E-state index in [1.54, 1.807) is 0 Å². The van der Waals surface area contributed by atoms with E-state index in [0.717, 1.165) is 0 Å². The van der Waals surface area contributed by atoms with Gasteiger partial charge in [0.2, 0.25) is 0 Å². The molecule has 0 aliphatic heterocycles. The van der Waals surface area contributed by atoms with Crippen molar-refractivity contribution in [2.24, 2.45) is 0 Å². The summed E-state index contributed by atoms with van der Waals surface area (Å²) < 4.78 is 157. The number of hydrogen-bond acceptors (Lipinski definition) is 1. The summed E-state index contributed by atoms with van der Waals surface area (Å²) in [6.07, 6.45) is -14.5. The topological polar surface area (TPSA) is 0 Å². The lowest BCUT2D eigenvalue weighted by molar-refractivity contribution is -0.405. The number of rotatable bonds is 3. The standard InChI is InChI=1S/C6HF13S/c7-1(8,2(9,10)5(14,15)16)4(13,20)3(11,12)6(17,18)19/h20H. The third-order valence-electron chi connectivity index (χ3n) is 1.94. The first-order valence-corrected chi connectivity index (χ1v) is 4.38. The molecule has 0 heterocycles. The summed E-state index contributed by atoms with van der Waals surface area (Å²) in [5, 5.41) is -6.85. The molecule has 0 N–H and O–H groups in total. The lowest BCUT2D eigenvalue weighted by Gasteiger charge is -2.39. The van der Waals surface area contributed by atoms with Gasteiger partial charge in [-0.3, -0.25) is 0 Å². The van der Waals surface area contributed by atoms with Crippen LogP contribution in [-0.4, -0.2) is 35.1 Å². The molecule has 0 spiro atoms. The largest absolute Gasteiger partial charge is 0.460 e. The van der Waals surface area contributed by atoms with Crippen molar-refractivity contribution in [3.63, 3.8) is 0 Å². The van der Waals surface area contributed by atoms with Crippen LogP contribution in [0, 0.1) is 0 Å². The average Bonchev–Trinajstić information content (AvgIpc) is 2.12. The highest BCUT2D eigenvalue weighted by Crippen LogP contribution is 2.61. The summed E-state index contributed by atoms with van der Waals surface area (Å²) in [5.41, 5.74) is 0. The Hall–Kier alpha value is -0.560.